The summed E-state index contributed by atoms with van der Waals surface area (Å²) in [5, 5.41) is 23.8. The number of hydrogen-bond donors (Lipinski definition) is 6. The lowest BCUT2D eigenvalue weighted by atomic mass is 10.0. The first-order chi connectivity index (χ1) is 17.3. The first kappa shape index (κ1) is 25.4. The zero-order valence-electron chi connectivity index (χ0n) is 19.2. The monoisotopic (exact) mass is 493 g/mol. The Morgan fingerprint density at radius 2 is 2.08 bits per heavy atom. The van der Waals surface area contributed by atoms with Crippen LogP contribution < -0.4 is 37.7 Å². The van der Waals surface area contributed by atoms with Crippen molar-refractivity contribution in [2.75, 3.05) is 19.0 Å². The predicted molar refractivity (Wildman–Crippen MR) is 132 cm³/mol. The molecule has 0 fully saturated rings. The number of nitrogens with zero attached hydrogens (tertiary/aromatic N) is 3. The summed E-state index contributed by atoms with van der Waals surface area (Å²) in [6.45, 7) is -0.393. The predicted octanol–water partition coefficient (Wildman–Crippen LogP) is 1.34. The van der Waals surface area contributed by atoms with Crippen LogP contribution in [0.4, 0.5) is 10.1 Å². The second-order valence-corrected chi connectivity index (χ2v) is 7.25. The molecule has 9 N–H and O–H groups in total. The molecule has 0 saturated heterocycles. The van der Waals surface area contributed by atoms with Gasteiger partial charge in [-0.15, -0.1) is 5.10 Å². The Morgan fingerprint density at radius 3 is 2.69 bits per heavy atom. The molecule has 0 saturated carbocycles. The summed E-state index contributed by atoms with van der Waals surface area (Å²) in [4.78, 5) is 15.2. The number of nitrogen functional groups attached to an aromatic ring is 1. The number of halogens is 1. The Kier molecular flexibility index (Phi) is 7.93. The molecule has 3 aromatic rings. The molecule has 3 rings (SSSR count). The summed E-state index contributed by atoms with van der Waals surface area (Å²) in [5.74, 6) is -0.909. The zero-order chi connectivity index (χ0) is 26.2. The highest BCUT2D eigenvalue weighted by Gasteiger charge is 2.26. The fourth-order valence-electron chi connectivity index (χ4n) is 3.21. The lowest BCUT2D eigenvalue weighted by molar-refractivity contribution is 0.338. The summed E-state index contributed by atoms with van der Waals surface area (Å²) in [7, 11) is 1.39. The van der Waals surface area contributed by atoms with E-state index in [-0.39, 0.29) is 34.5 Å². The number of amidine groups is 1. The van der Waals surface area contributed by atoms with E-state index in [1.165, 1.54) is 37.6 Å². The Balaban J connectivity index is 2.17. The van der Waals surface area contributed by atoms with Gasteiger partial charge < -0.3 is 32.0 Å². The summed E-state index contributed by atoms with van der Waals surface area (Å²) < 4.78 is 27.0. The van der Waals surface area contributed by atoms with Gasteiger partial charge >= 0.3 is 5.69 Å². The highest BCUT2D eigenvalue weighted by atomic mass is 19.1. The molecule has 186 valence electrons. The van der Waals surface area contributed by atoms with E-state index in [9.17, 15) is 4.79 Å². The number of methoxy groups -OCH3 is 1. The van der Waals surface area contributed by atoms with E-state index in [1.54, 1.807) is 30.3 Å². The van der Waals surface area contributed by atoms with Gasteiger partial charge in [-0.3, -0.25) is 10.4 Å². The van der Waals surface area contributed by atoms with E-state index < -0.39 is 24.2 Å². The Labute approximate surface area is 204 Å². The Bertz CT molecular complexity index is 1400. The van der Waals surface area contributed by atoms with Crippen LogP contribution >= 0.6 is 0 Å². The van der Waals surface area contributed by atoms with Gasteiger partial charge in [0.25, 0.3) is 0 Å². The quantitative estimate of drug-likeness (QED) is 0.137. The average Bonchev–Trinajstić information content (AvgIpc) is 3.27. The molecule has 0 aliphatic carbocycles. The molecular weight excluding hydrogens is 469 g/mol. The molecule has 12 nitrogen and oxygen atoms in total. The second kappa shape index (κ2) is 11.3. The minimum absolute atomic E-state index is 0.00300. The minimum atomic E-state index is -1.07. The van der Waals surface area contributed by atoms with Crippen molar-refractivity contribution in [2.24, 2.45) is 17.2 Å². The smallest absolute Gasteiger partial charge is 0.349 e. The van der Waals surface area contributed by atoms with Crippen molar-refractivity contribution in [3.05, 3.63) is 88.0 Å². The molecule has 1 heterocycles. The number of rotatable bonds is 10. The van der Waals surface area contributed by atoms with Gasteiger partial charge in [-0.25, -0.2) is 9.18 Å². The molecule has 2 aromatic carbocycles. The van der Waals surface area contributed by atoms with Crippen LogP contribution in [0, 0.1) is 22.6 Å². The summed E-state index contributed by atoms with van der Waals surface area (Å²) in [6.07, 6.45) is 4.02. The van der Waals surface area contributed by atoms with Crippen LogP contribution in [0.15, 0.2) is 59.5 Å². The number of H-pyrrole nitrogens is 1. The Hall–Kier alpha value is -5.25. The Morgan fingerprint density at radius 1 is 1.36 bits per heavy atom. The van der Waals surface area contributed by atoms with Crippen molar-refractivity contribution in [3.8, 4) is 17.6 Å². The number of aromatic amines is 1. The van der Waals surface area contributed by atoms with E-state index in [2.05, 4.69) is 15.4 Å². The number of nitrogens with two attached hydrogens (primary N) is 3. The molecule has 0 spiro atoms. The number of nitriles is 1. The van der Waals surface area contributed by atoms with E-state index in [4.69, 9.17) is 37.3 Å². The summed E-state index contributed by atoms with van der Waals surface area (Å²) in [5.41, 5.74) is 17.1. The van der Waals surface area contributed by atoms with Crippen molar-refractivity contribution < 1.29 is 13.9 Å². The molecule has 1 aromatic heterocycles. The van der Waals surface area contributed by atoms with Crippen LogP contribution in [0.2, 0.25) is 0 Å². The molecule has 0 bridgehead atoms. The molecule has 0 radical (unpaired) electrons. The lowest BCUT2D eigenvalue weighted by Crippen LogP contribution is -2.21. The first-order valence-electron chi connectivity index (χ1n) is 10.4. The van der Waals surface area contributed by atoms with Crippen molar-refractivity contribution in [1.29, 1.82) is 10.7 Å². The number of allylic oxidation sites excluding steroid dienone is 2. The van der Waals surface area contributed by atoms with Gasteiger partial charge in [0.15, 0.2) is 24.0 Å². The standard InChI is InChI=1S/C23H24FN9O3/c1-35-15-11-16(19(24)17(12-15)36-10-9-26)20(30-14-6-4-13(5-7-14)21(28)29)22-31-23(34)33(32-22)18(27)3-2-8-25/h2-8,11-12,20,30H,10,25,27H2,1H3,(H3,28,29)(H,31,32,34)/b8-2-,18-3+. The van der Waals surface area contributed by atoms with Crippen molar-refractivity contribution in [3.63, 3.8) is 0 Å². The molecule has 0 amide bonds. The number of aromatic nitrogens is 3. The van der Waals surface area contributed by atoms with Crippen LogP contribution in [-0.4, -0.2) is 34.3 Å². The van der Waals surface area contributed by atoms with Crippen LogP contribution in [0.1, 0.15) is 23.0 Å². The molecule has 0 aliphatic heterocycles. The molecule has 1 atom stereocenters. The van der Waals surface area contributed by atoms with Gasteiger partial charge in [0, 0.05) is 22.9 Å². The van der Waals surface area contributed by atoms with E-state index in [0.717, 1.165) is 4.68 Å². The lowest BCUT2D eigenvalue weighted by Gasteiger charge is -2.21. The number of benzene rings is 2. The van der Waals surface area contributed by atoms with E-state index >= 15 is 4.39 Å². The third-order valence-corrected chi connectivity index (χ3v) is 4.92. The fourth-order valence-corrected chi connectivity index (χ4v) is 3.21. The summed E-state index contributed by atoms with van der Waals surface area (Å²) >= 11 is 0. The topological polar surface area (TPSA) is 207 Å². The largest absolute Gasteiger partial charge is 0.497 e. The SMILES string of the molecule is COc1cc(OCC#N)c(F)c(C(Nc2ccc(C(=N)N)cc2)c2nn(/C(N)=C/C=C\N)c(=O)[nH]2)c1. The average molecular weight is 494 g/mol. The number of hydrogen-bond acceptors (Lipinski definition) is 9. The van der Waals surface area contributed by atoms with E-state index in [0.29, 0.717) is 11.3 Å². The number of nitrogens with one attached hydrogen (secondary N) is 3. The maximum Gasteiger partial charge on any atom is 0.349 e. The van der Waals surface area contributed by atoms with Gasteiger partial charge in [0.05, 0.1) is 7.11 Å². The molecule has 1 unspecified atom stereocenters. The van der Waals surface area contributed by atoms with Crippen LogP contribution in [-0.2, 0) is 0 Å². The zero-order valence-corrected chi connectivity index (χ0v) is 19.2. The normalized spacial score (nSPS) is 12.2. The first-order valence-corrected chi connectivity index (χ1v) is 10.4. The maximum atomic E-state index is 15.6. The van der Waals surface area contributed by atoms with Crippen LogP contribution in [0.5, 0.6) is 11.5 Å². The molecule has 36 heavy (non-hydrogen) atoms. The van der Waals surface area contributed by atoms with Crippen LogP contribution in [0.3, 0.4) is 0 Å². The molecule has 13 heteroatoms. The maximum absolute atomic E-state index is 15.6. The van der Waals surface area contributed by atoms with Gasteiger partial charge in [0.1, 0.15) is 29.5 Å². The van der Waals surface area contributed by atoms with Crippen LogP contribution in [0.25, 0.3) is 5.82 Å². The second-order valence-electron chi connectivity index (χ2n) is 7.25. The minimum Gasteiger partial charge on any atom is -0.497 e. The number of ether oxygens (including phenoxy) is 2. The van der Waals surface area contributed by atoms with Gasteiger partial charge in [-0.1, -0.05) is 0 Å². The van der Waals surface area contributed by atoms with Crippen molar-refractivity contribution >= 4 is 17.3 Å². The van der Waals surface area contributed by atoms with Crippen molar-refractivity contribution in [1.82, 2.24) is 14.8 Å². The summed E-state index contributed by atoms with van der Waals surface area (Å²) in [6, 6.07) is 9.89. The third-order valence-electron chi connectivity index (χ3n) is 4.92. The molecular formula is C23H24FN9O3. The van der Waals surface area contributed by atoms with Crippen molar-refractivity contribution in [2.45, 2.75) is 6.04 Å². The molecule has 0 aliphatic rings. The third kappa shape index (κ3) is 5.62. The fraction of sp³-hybridized carbons (Fsp3) is 0.130. The highest BCUT2D eigenvalue weighted by Crippen LogP contribution is 2.34. The van der Waals surface area contributed by atoms with Gasteiger partial charge in [0.2, 0.25) is 0 Å². The highest BCUT2D eigenvalue weighted by molar-refractivity contribution is 5.95. The number of anilines is 1. The van der Waals surface area contributed by atoms with Gasteiger partial charge in [-0.05, 0) is 48.7 Å². The van der Waals surface area contributed by atoms with E-state index in [1.807, 2.05) is 0 Å². The van der Waals surface area contributed by atoms with Gasteiger partial charge in [-0.2, -0.15) is 9.94 Å².